The Balaban J connectivity index is -0.000000105. The second-order valence-corrected chi connectivity index (χ2v) is 45.9. The maximum Gasteiger partial charge on any atom is 0.0575 e. The van der Waals surface area contributed by atoms with Gasteiger partial charge >= 0.3 is 0 Å². The first-order valence-corrected chi connectivity index (χ1v) is 43.0. The Morgan fingerprint density at radius 1 is 0.206 bits per heavy atom. The molecule has 3 N–H and O–H groups in total. The van der Waals surface area contributed by atoms with E-state index in [2.05, 4.69) is 0 Å². The summed E-state index contributed by atoms with van der Waals surface area (Å²) < 4.78 is 63.2. The van der Waals surface area contributed by atoms with E-state index in [1.807, 2.05) is 166 Å². The molecule has 0 amide bonds. The smallest absolute Gasteiger partial charge is 0.0575 e. The van der Waals surface area contributed by atoms with Gasteiger partial charge in [-0.15, -0.1) is 0 Å². The van der Waals surface area contributed by atoms with E-state index in [9.17, 15) is 0 Å². The average Bonchev–Trinajstić information content (AvgIpc) is 2.90. The van der Waals surface area contributed by atoms with E-state index in [1.165, 1.54) is 0 Å². The van der Waals surface area contributed by atoms with E-state index in [4.69, 9.17) is 199 Å². The first-order chi connectivity index (χ1) is 29.0. The Hall–Kier alpha value is 6.17. The fraction of sp³-hybridized carbons (Fsp3) is 1.00. The predicted octanol–water partition coefficient (Wildman–Crippen LogP) is 15.8. The third kappa shape index (κ3) is 83.5. The third-order valence-electron chi connectivity index (χ3n) is 4.08. The standard InChI is InChI=1S/6C6H15O2PS2.H3N.W/c6*1-5(2)7-9(10,11)8-6(3)4;;/h6*5-6H,1-4H3,(H,10,11);1H3;/p-6. The summed E-state index contributed by atoms with van der Waals surface area (Å²) >= 11 is 59.7. The summed E-state index contributed by atoms with van der Waals surface area (Å²) in [6.45, 7) is 45.6. The van der Waals surface area contributed by atoms with Crippen molar-refractivity contribution in [1.29, 1.82) is 0 Å². The van der Waals surface area contributed by atoms with Crippen molar-refractivity contribution in [2.45, 2.75) is 239 Å². The molecule has 0 saturated heterocycles. The molecule has 0 aliphatic rings. The molecule has 13 nitrogen and oxygen atoms in total. The number of hydrogen-bond donors (Lipinski definition) is 1. The van der Waals surface area contributed by atoms with Gasteiger partial charge in [0.25, 0.3) is 0 Å². The zero-order valence-corrected chi connectivity index (χ0v) is 62.6. The molecule has 0 aliphatic heterocycles. The van der Waals surface area contributed by atoms with Crippen LogP contribution < -0.4 is 6.15 Å². The minimum Gasteiger partial charge on any atom is -0.691 e. The van der Waals surface area contributed by atoms with Crippen LogP contribution in [-0.4, -0.2) is 73.2 Å². The molecule has 0 aliphatic carbocycles. The van der Waals surface area contributed by atoms with Crippen LogP contribution in [0.2, 0.25) is 0 Å². The third-order valence-corrected chi connectivity index (χ3v) is 18.4. The van der Waals surface area contributed by atoms with Crippen LogP contribution in [0.4, 0.5) is 0 Å². The van der Waals surface area contributed by atoms with Gasteiger partial charge in [0, 0.05) is 21.1 Å². The summed E-state index contributed by atoms with van der Waals surface area (Å²) in [7, 11) is 0. The molecule has 32 heteroatoms. The Kier molecular flexibility index (Phi) is 62.5. The zero-order chi connectivity index (χ0) is 54.4. The van der Waals surface area contributed by atoms with E-state index >= 15 is 0 Å². The SMILES string of the molecule is CC(C)OP(=S)([S-])OC(C)C.CC(C)OP(=S)([S-])OC(C)C.CC(C)OP(=S)([S-])OC(C)C.CC(C)OP(=S)([S-])OC(C)C.CC(C)OP(=S)([S-])OC(C)C.CC(C)OP(=S)([S-])OC(C)C.N.[W]. The van der Waals surface area contributed by atoms with Crippen LogP contribution in [0.5, 0.6) is 0 Å². The van der Waals surface area contributed by atoms with E-state index in [0.29, 0.717) is 0 Å². The second-order valence-electron chi connectivity index (χ2n) is 16.5. The molecule has 0 fully saturated rings. The number of rotatable bonds is 24. The molecular formula is C36H87NO12P6S12W-6. The van der Waals surface area contributed by atoms with Crippen LogP contribution in [0.15, 0.2) is 0 Å². The van der Waals surface area contributed by atoms with Gasteiger partial charge in [0.1, 0.15) is 0 Å². The summed E-state index contributed by atoms with van der Waals surface area (Å²) in [6, 6.07) is 0. The molecule has 0 heterocycles. The van der Waals surface area contributed by atoms with Crippen LogP contribution in [-0.2, 0) is 220 Å². The maximum atomic E-state index is 5.27. The van der Waals surface area contributed by atoms with Gasteiger partial charge < -0.3 is 134 Å². The van der Waals surface area contributed by atoms with Crippen molar-refractivity contribution in [1.82, 2.24) is 6.15 Å². The second kappa shape index (κ2) is 46.9. The van der Waals surface area contributed by atoms with Gasteiger partial charge in [0.15, 0.2) is 0 Å². The largest absolute Gasteiger partial charge is 0.691 e. The first kappa shape index (κ1) is 90.7. The van der Waals surface area contributed by atoms with Crippen molar-refractivity contribution < 1.29 is 75.4 Å². The van der Waals surface area contributed by atoms with Crippen LogP contribution in [0, 0.1) is 0 Å². The number of hydrogen-bond acceptors (Lipinski definition) is 25. The fourth-order valence-corrected chi connectivity index (χ4v) is 22.1. The first-order valence-electron chi connectivity index (χ1n) is 21.1. The van der Waals surface area contributed by atoms with Crippen molar-refractivity contribution in [3.8, 4) is 0 Å². The van der Waals surface area contributed by atoms with Crippen LogP contribution in [0.25, 0.3) is 0 Å². The molecule has 68 heavy (non-hydrogen) atoms. The Bertz CT molecular complexity index is 1160. The molecule has 0 aromatic rings. The van der Waals surface area contributed by atoms with E-state index in [0.717, 1.165) is 0 Å². The van der Waals surface area contributed by atoms with E-state index < -0.39 is 34.2 Å². The van der Waals surface area contributed by atoms with E-state index in [1.54, 1.807) is 0 Å². The van der Waals surface area contributed by atoms with E-state index in [-0.39, 0.29) is 100 Å². The molecule has 0 saturated carbocycles. The summed E-state index contributed by atoms with van der Waals surface area (Å²) in [4.78, 5) is 0. The normalized spacial score (nSPS) is 12.6. The quantitative estimate of drug-likeness (QED) is 0.0721. The van der Waals surface area contributed by atoms with Gasteiger partial charge in [-0.3, -0.25) is 0 Å². The van der Waals surface area contributed by atoms with Crippen molar-refractivity contribution in [2.24, 2.45) is 0 Å². The van der Waals surface area contributed by atoms with Gasteiger partial charge in [-0.25, -0.2) is 0 Å². The topological polar surface area (TPSA) is 146 Å². The van der Waals surface area contributed by atoms with Gasteiger partial charge in [-0.2, -0.15) is 0 Å². The maximum absolute atomic E-state index is 5.27. The average molecular weight is 1480 g/mol. The van der Waals surface area contributed by atoms with Crippen LogP contribution in [0.1, 0.15) is 166 Å². The molecule has 0 rings (SSSR count). The molecule has 0 atom stereocenters. The van der Waals surface area contributed by atoms with Crippen molar-refractivity contribution in [2.75, 3.05) is 0 Å². The summed E-state index contributed by atoms with van der Waals surface area (Å²) in [5, 5.41) is 0. The Morgan fingerprint density at radius 3 is 0.279 bits per heavy atom. The van der Waals surface area contributed by atoms with Crippen molar-refractivity contribution >= 4 is 178 Å². The van der Waals surface area contributed by atoms with Crippen LogP contribution >= 0.6 is 34.2 Å². The monoisotopic (exact) mass is 1480 g/mol. The minimum atomic E-state index is -2.39. The Labute approximate surface area is 494 Å². The molecule has 0 radical (unpaired) electrons. The van der Waals surface area contributed by atoms with Crippen molar-refractivity contribution in [3.05, 3.63) is 0 Å². The van der Waals surface area contributed by atoms with Crippen LogP contribution in [0.3, 0.4) is 0 Å². The molecular weight excluding hydrogens is 1390 g/mol. The molecule has 0 aromatic heterocycles. The molecule has 0 aromatic carbocycles. The molecule has 422 valence electrons. The molecule has 0 unspecified atom stereocenters. The zero-order valence-electron chi connectivity index (χ0n) is 44.5. The Morgan fingerprint density at radius 2 is 0.250 bits per heavy atom. The van der Waals surface area contributed by atoms with Crippen molar-refractivity contribution in [3.63, 3.8) is 0 Å². The van der Waals surface area contributed by atoms with Gasteiger partial charge in [0.2, 0.25) is 0 Å². The fourth-order valence-electron chi connectivity index (χ4n) is 3.25. The van der Waals surface area contributed by atoms with Gasteiger partial charge in [-0.1, -0.05) is 70.8 Å². The van der Waals surface area contributed by atoms with Gasteiger partial charge in [0.05, 0.1) is 107 Å². The molecule has 0 bridgehead atoms. The molecule has 0 spiro atoms. The minimum absolute atomic E-state index is 0. The summed E-state index contributed by atoms with van der Waals surface area (Å²) in [5.41, 5.74) is -14.3. The summed E-state index contributed by atoms with van der Waals surface area (Å²) in [6.07, 6.45) is 0.634. The van der Waals surface area contributed by atoms with Gasteiger partial charge in [-0.05, 0) is 166 Å². The predicted molar refractivity (Wildman–Crippen MR) is 330 cm³/mol. The summed E-state index contributed by atoms with van der Waals surface area (Å²) in [5.74, 6) is 0.